The molecule has 0 bridgehead atoms. The van der Waals surface area contributed by atoms with Crippen LogP contribution in [0.25, 0.3) is 11.0 Å². The Labute approximate surface area is 177 Å². The number of ether oxygens (including phenoxy) is 1. The minimum atomic E-state index is -0.756. The molecule has 0 spiro atoms. The number of aryl methyl sites for hydroxylation is 2. The molecule has 0 atom stereocenters. The molecule has 9 heteroatoms. The third-order valence-corrected chi connectivity index (χ3v) is 5.44. The Balaban J connectivity index is 1.83. The van der Waals surface area contributed by atoms with Crippen LogP contribution < -0.4 is 16.6 Å². The quantitative estimate of drug-likeness (QED) is 0.627. The van der Waals surface area contributed by atoms with Crippen molar-refractivity contribution in [2.45, 2.75) is 32.2 Å². The monoisotopic (exact) mass is 422 g/mol. The van der Waals surface area contributed by atoms with E-state index in [1.54, 1.807) is 18.2 Å². The molecule has 0 aliphatic heterocycles. The molecule has 0 saturated heterocycles. The lowest BCUT2D eigenvalue weighted by Crippen LogP contribution is -2.42. The zero-order valence-electron chi connectivity index (χ0n) is 17.5. The molecule has 1 fully saturated rings. The van der Waals surface area contributed by atoms with Gasteiger partial charge in [-0.25, -0.2) is 14.6 Å². The number of para-hydroxylation sites is 1. The van der Waals surface area contributed by atoms with Gasteiger partial charge in [-0.15, -0.1) is 0 Å². The third kappa shape index (κ3) is 3.74. The van der Waals surface area contributed by atoms with Crippen LogP contribution in [0.3, 0.4) is 0 Å². The fraction of sp³-hybridized carbons (Fsp3) is 0.318. The number of fused-ring (bicyclic) bond motifs is 1. The number of pyridine rings is 1. The molecule has 1 aromatic carbocycles. The maximum absolute atomic E-state index is 13.2. The first kappa shape index (κ1) is 20.5. The van der Waals surface area contributed by atoms with Crippen molar-refractivity contribution in [2.24, 2.45) is 7.05 Å². The van der Waals surface area contributed by atoms with Gasteiger partial charge in [0.1, 0.15) is 12.2 Å². The standard InChI is InChI=1S/C22H22N4O5/c1-12-6-4-5-7-15(12)23-17(27)11-26-20(28)18-14(21(29)31-3)10-16(13-8-9-13)24-19(18)25(2)22(26)30/h4-7,10,13H,8-9,11H2,1-3H3,(H,23,27). The molecule has 0 radical (unpaired) electrons. The molecule has 1 amide bonds. The number of nitrogens with zero attached hydrogens (tertiary/aromatic N) is 3. The number of nitrogens with one attached hydrogen (secondary N) is 1. The van der Waals surface area contributed by atoms with Gasteiger partial charge in [0.2, 0.25) is 5.91 Å². The normalized spacial score (nSPS) is 13.3. The summed E-state index contributed by atoms with van der Waals surface area (Å²) >= 11 is 0. The van der Waals surface area contributed by atoms with Crippen LogP contribution in [0.5, 0.6) is 0 Å². The van der Waals surface area contributed by atoms with Crippen LogP contribution in [0.4, 0.5) is 5.69 Å². The maximum atomic E-state index is 13.2. The zero-order chi connectivity index (χ0) is 22.3. The molecule has 2 aromatic heterocycles. The summed E-state index contributed by atoms with van der Waals surface area (Å²) < 4.78 is 6.85. The Morgan fingerprint density at radius 2 is 1.94 bits per heavy atom. The molecule has 1 aliphatic rings. The van der Waals surface area contributed by atoms with Gasteiger partial charge < -0.3 is 10.1 Å². The van der Waals surface area contributed by atoms with Gasteiger partial charge in [-0.2, -0.15) is 0 Å². The summed E-state index contributed by atoms with van der Waals surface area (Å²) in [6.07, 6.45) is 1.87. The zero-order valence-corrected chi connectivity index (χ0v) is 17.5. The topological polar surface area (TPSA) is 112 Å². The van der Waals surface area contributed by atoms with Crippen LogP contribution in [-0.4, -0.2) is 33.1 Å². The average molecular weight is 422 g/mol. The van der Waals surface area contributed by atoms with Crippen LogP contribution in [0, 0.1) is 6.92 Å². The van der Waals surface area contributed by atoms with E-state index in [1.807, 2.05) is 19.1 Å². The summed E-state index contributed by atoms with van der Waals surface area (Å²) in [5, 5.41) is 2.67. The number of aromatic nitrogens is 3. The predicted octanol–water partition coefficient (Wildman–Crippen LogP) is 1.71. The molecule has 4 rings (SSSR count). The summed E-state index contributed by atoms with van der Waals surface area (Å²) in [4.78, 5) is 55.6. The van der Waals surface area contributed by atoms with Crippen LogP contribution in [0.2, 0.25) is 0 Å². The molecule has 1 aliphatic carbocycles. The first-order chi connectivity index (χ1) is 14.8. The first-order valence-corrected chi connectivity index (χ1v) is 9.90. The van der Waals surface area contributed by atoms with Gasteiger partial charge in [-0.1, -0.05) is 18.2 Å². The van der Waals surface area contributed by atoms with Crippen molar-refractivity contribution in [1.82, 2.24) is 14.1 Å². The number of amides is 1. The van der Waals surface area contributed by atoms with Gasteiger partial charge in [-0.05, 0) is 37.5 Å². The van der Waals surface area contributed by atoms with Crippen molar-refractivity contribution in [3.8, 4) is 0 Å². The van der Waals surface area contributed by atoms with E-state index in [4.69, 9.17) is 4.74 Å². The van der Waals surface area contributed by atoms with Gasteiger partial charge in [0.25, 0.3) is 5.56 Å². The molecule has 2 heterocycles. The van der Waals surface area contributed by atoms with Crippen LogP contribution in [0.1, 0.15) is 40.4 Å². The van der Waals surface area contributed by atoms with Crippen molar-refractivity contribution in [3.05, 3.63) is 68.0 Å². The molecule has 160 valence electrons. The van der Waals surface area contributed by atoms with E-state index < -0.39 is 29.7 Å². The number of hydrogen-bond acceptors (Lipinski definition) is 6. The third-order valence-electron chi connectivity index (χ3n) is 5.44. The second kappa shape index (κ2) is 7.82. The molecule has 1 saturated carbocycles. The minimum absolute atomic E-state index is 0.0398. The van der Waals surface area contributed by atoms with Crippen molar-refractivity contribution in [2.75, 3.05) is 12.4 Å². The van der Waals surface area contributed by atoms with Crippen LogP contribution in [-0.2, 0) is 23.1 Å². The maximum Gasteiger partial charge on any atom is 0.338 e. The van der Waals surface area contributed by atoms with Crippen LogP contribution >= 0.6 is 0 Å². The summed E-state index contributed by atoms with van der Waals surface area (Å²) in [6, 6.07) is 8.73. The lowest BCUT2D eigenvalue weighted by molar-refractivity contribution is -0.116. The fourth-order valence-electron chi connectivity index (χ4n) is 3.54. The number of anilines is 1. The molecular formula is C22H22N4O5. The Kier molecular flexibility index (Phi) is 5.18. The number of rotatable bonds is 5. The number of carbonyl (C=O) groups is 2. The Morgan fingerprint density at radius 3 is 2.58 bits per heavy atom. The highest BCUT2D eigenvalue weighted by molar-refractivity contribution is 6.02. The number of benzene rings is 1. The average Bonchev–Trinajstić information content (AvgIpc) is 3.61. The number of hydrogen-bond donors (Lipinski definition) is 1. The van der Waals surface area contributed by atoms with Gasteiger partial charge in [-0.3, -0.25) is 18.7 Å². The number of carbonyl (C=O) groups excluding carboxylic acids is 2. The highest BCUT2D eigenvalue weighted by Crippen LogP contribution is 2.39. The molecule has 1 N–H and O–H groups in total. The van der Waals surface area contributed by atoms with Crippen molar-refractivity contribution in [1.29, 1.82) is 0 Å². The summed E-state index contributed by atoms with van der Waals surface area (Å²) in [5.74, 6) is -1.03. The second-order valence-corrected chi connectivity index (χ2v) is 7.66. The molecule has 3 aromatic rings. The smallest absolute Gasteiger partial charge is 0.338 e. The van der Waals surface area contributed by atoms with E-state index >= 15 is 0 Å². The molecule has 0 unspecified atom stereocenters. The lowest BCUT2D eigenvalue weighted by atomic mass is 10.1. The van der Waals surface area contributed by atoms with E-state index in [-0.39, 0.29) is 22.5 Å². The summed E-state index contributed by atoms with van der Waals surface area (Å²) in [6.45, 7) is 1.34. The van der Waals surface area contributed by atoms with Gasteiger partial charge >= 0.3 is 11.7 Å². The van der Waals surface area contributed by atoms with Gasteiger partial charge in [0, 0.05) is 24.3 Å². The second-order valence-electron chi connectivity index (χ2n) is 7.66. The Hall–Kier alpha value is -3.75. The molecular weight excluding hydrogens is 400 g/mol. The van der Waals surface area contributed by atoms with Crippen LogP contribution in [0.15, 0.2) is 39.9 Å². The van der Waals surface area contributed by atoms with E-state index in [2.05, 4.69) is 10.3 Å². The summed E-state index contributed by atoms with van der Waals surface area (Å²) in [7, 11) is 2.69. The Morgan fingerprint density at radius 1 is 1.23 bits per heavy atom. The highest BCUT2D eigenvalue weighted by atomic mass is 16.5. The number of esters is 1. The van der Waals surface area contributed by atoms with Crippen molar-refractivity contribution >= 4 is 28.6 Å². The van der Waals surface area contributed by atoms with E-state index in [1.165, 1.54) is 18.7 Å². The SMILES string of the molecule is COC(=O)c1cc(C2CC2)nc2c1c(=O)n(CC(=O)Nc1ccccc1C)c(=O)n2C. The minimum Gasteiger partial charge on any atom is -0.465 e. The summed E-state index contributed by atoms with van der Waals surface area (Å²) in [5.41, 5.74) is 0.793. The fourth-order valence-corrected chi connectivity index (χ4v) is 3.54. The van der Waals surface area contributed by atoms with Gasteiger partial charge in [0.05, 0.1) is 18.1 Å². The number of methoxy groups -OCH3 is 1. The molecule has 9 nitrogen and oxygen atoms in total. The van der Waals surface area contributed by atoms with Gasteiger partial charge in [0.15, 0.2) is 0 Å². The highest BCUT2D eigenvalue weighted by Gasteiger charge is 2.29. The first-order valence-electron chi connectivity index (χ1n) is 9.90. The predicted molar refractivity (Wildman–Crippen MR) is 114 cm³/mol. The van der Waals surface area contributed by atoms with Crippen molar-refractivity contribution < 1.29 is 14.3 Å². The van der Waals surface area contributed by atoms with E-state index in [0.717, 1.165) is 23.0 Å². The van der Waals surface area contributed by atoms with E-state index in [9.17, 15) is 19.2 Å². The Bertz CT molecular complexity index is 1330. The molecule has 31 heavy (non-hydrogen) atoms. The van der Waals surface area contributed by atoms with E-state index in [0.29, 0.717) is 11.4 Å². The largest absolute Gasteiger partial charge is 0.465 e. The lowest BCUT2D eigenvalue weighted by Gasteiger charge is -2.14. The van der Waals surface area contributed by atoms with Crippen molar-refractivity contribution in [3.63, 3.8) is 0 Å².